The summed E-state index contributed by atoms with van der Waals surface area (Å²) in [6.07, 6.45) is 0. The molecule has 0 saturated carbocycles. The molecule has 0 spiro atoms. The Labute approximate surface area is 127 Å². The van der Waals surface area contributed by atoms with E-state index in [1.807, 2.05) is 24.3 Å². The van der Waals surface area contributed by atoms with Crippen molar-refractivity contribution < 1.29 is 9.18 Å². The third-order valence-corrected chi connectivity index (χ3v) is 3.84. The third-order valence-electron chi connectivity index (χ3n) is 2.54. The average Bonchev–Trinajstić information content (AvgIpc) is 2.39. The number of carbonyl (C=O) groups is 1. The smallest absolute Gasteiger partial charge is 0.252 e. The fourth-order valence-electron chi connectivity index (χ4n) is 1.60. The molecule has 0 saturated heterocycles. The van der Waals surface area contributed by atoms with Gasteiger partial charge in [-0.3, -0.25) is 4.79 Å². The fraction of sp³-hybridized carbons (Fsp3) is 0.0714. The normalized spacial score (nSPS) is 10.3. The van der Waals surface area contributed by atoms with Gasteiger partial charge in [-0.05, 0) is 45.8 Å². The van der Waals surface area contributed by atoms with E-state index in [0.717, 1.165) is 10.0 Å². The van der Waals surface area contributed by atoms with Crippen LogP contribution in [0.2, 0.25) is 0 Å². The molecule has 0 heterocycles. The summed E-state index contributed by atoms with van der Waals surface area (Å²) < 4.78 is 14.5. The van der Waals surface area contributed by atoms with Gasteiger partial charge in [0.15, 0.2) is 0 Å². The molecule has 0 aliphatic heterocycles. The average molecular weight is 387 g/mol. The van der Waals surface area contributed by atoms with Gasteiger partial charge in [0.1, 0.15) is 5.82 Å². The number of hydrogen-bond donors (Lipinski definition) is 1. The highest BCUT2D eigenvalue weighted by atomic mass is 79.9. The molecule has 0 aliphatic carbocycles. The zero-order valence-electron chi connectivity index (χ0n) is 9.79. The summed E-state index contributed by atoms with van der Waals surface area (Å²) in [4.78, 5) is 12.0. The van der Waals surface area contributed by atoms with E-state index >= 15 is 0 Å². The van der Waals surface area contributed by atoms with Gasteiger partial charge < -0.3 is 5.32 Å². The molecule has 1 N–H and O–H groups in total. The van der Waals surface area contributed by atoms with E-state index in [1.54, 1.807) is 6.07 Å². The predicted octanol–water partition coefficient (Wildman–Crippen LogP) is 4.28. The van der Waals surface area contributed by atoms with E-state index in [9.17, 15) is 9.18 Å². The highest BCUT2D eigenvalue weighted by Crippen LogP contribution is 2.20. The van der Waals surface area contributed by atoms with Gasteiger partial charge in [0.05, 0.1) is 10.0 Å². The molecule has 0 aliphatic rings. The Hall–Kier alpha value is -1.20. The van der Waals surface area contributed by atoms with Gasteiger partial charge in [-0.2, -0.15) is 0 Å². The fourth-order valence-corrected chi connectivity index (χ4v) is 2.49. The van der Waals surface area contributed by atoms with Crippen molar-refractivity contribution >= 4 is 37.8 Å². The number of hydrogen-bond acceptors (Lipinski definition) is 1. The van der Waals surface area contributed by atoms with E-state index in [-0.39, 0.29) is 15.9 Å². The molecular weight excluding hydrogens is 377 g/mol. The van der Waals surface area contributed by atoms with Crippen molar-refractivity contribution in [1.29, 1.82) is 0 Å². The van der Waals surface area contributed by atoms with Gasteiger partial charge in [0.2, 0.25) is 0 Å². The topological polar surface area (TPSA) is 29.1 Å². The van der Waals surface area contributed by atoms with Gasteiger partial charge in [-0.15, -0.1) is 0 Å². The monoisotopic (exact) mass is 385 g/mol. The molecule has 19 heavy (non-hydrogen) atoms. The lowest BCUT2D eigenvalue weighted by atomic mass is 10.2. The first-order valence-corrected chi connectivity index (χ1v) is 7.13. The molecule has 0 bridgehead atoms. The first-order valence-electron chi connectivity index (χ1n) is 5.54. The van der Waals surface area contributed by atoms with Crippen LogP contribution in [0.25, 0.3) is 0 Å². The number of rotatable bonds is 3. The maximum atomic E-state index is 13.3. The van der Waals surface area contributed by atoms with Crippen LogP contribution in [-0.4, -0.2) is 5.91 Å². The second kappa shape index (κ2) is 6.30. The highest BCUT2D eigenvalue weighted by Gasteiger charge is 2.12. The van der Waals surface area contributed by atoms with E-state index in [4.69, 9.17) is 0 Å². The predicted molar refractivity (Wildman–Crippen MR) is 79.4 cm³/mol. The maximum Gasteiger partial charge on any atom is 0.252 e. The van der Waals surface area contributed by atoms with Crippen molar-refractivity contribution in [2.45, 2.75) is 6.54 Å². The molecule has 0 fully saturated rings. The zero-order chi connectivity index (χ0) is 13.8. The SMILES string of the molecule is O=C(NCc1cccc(Br)c1)c1cccc(F)c1Br. The number of benzene rings is 2. The molecule has 2 aromatic rings. The van der Waals surface area contributed by atoms with Crippen LogP contribution in [0.4, 0.5) is 4.39 Å². The van der Waals surface area contributed by atoms with Gasteiger partial charge in [-0.25, -0.2) is 4.39 Å². The van der Waals surface area contributed by atoms with Crippen LogP contribution in [0.15, 0.2) is 51.4 Å². The number of amides is 1. The molecule has 2 nitrogen and oxygen atoms in total. The van der Waals surface area contributed by atoms with E-state index < -0.39 is 5.82 Å². The molecule has 0 unspecified atom stereocenters. The second-order valence-corrected chi connectivity index (χ2v) is 5.62. The van der Waals surface area contributed by atoms with E-state index in [2.05, 4.69) is 37.2 Å². The Bertz CT molecular complexity index is 616. The molecule has 0 aromatic heterocycles. The molecule has 1 amide bonds. The number of halogens is 3. The van der Waals surface area contributed by atoms with Crippen molar-refractivity contribution in [2.75, 3.05) is 0 Å². The maximum absolute atomic E-state index is 13.3. The zero-order valence-corrected chi connectivity index (χ0v) is 13.0. The lowest BCUT2D eigenvalue weighted by molar-refractivity contribution is 0.0949. The van der Waals surface area contributed by atoms with Crippen molar-refractivity contribution in [3.63, 3.8) is 0 Å². The molecule has 2 rings (SSSR count). The Morgan fingerprint density at radius 1 is 1.16 bits per heavy atom. The minimum absolute atomic E-state index is 0.182. The van der Waals surface area contributed by atoms with Crippen molar-refractivity contribution in [3.8, 4) is 0 Å². The molecular formula is C14H10Br2FNO. The van der Waals surface area contributed by atoms with Crippen LogP contribution < -0.4 is 5.32 Å². The Kier molecular flexibility index (Phi) is 4.71. The molecule has 0 radical (unpaired) electrons. The quantitative estimate of drug-likeness (QED) is 0.837. The van der Waals surface area contributed by atoms with Crippen molar-refractivity contribution in [2.24, 2.45) is 0 Å². The largest absolute Gasteiger partial charge is 0.348 e. The first-order chi connectivity index (χ1) is 9.08. The summed E-state index contributed by atoms with van der Waals surface area (Å²) in [5.74, 6) is -0.763. The minimum Gasteiger partial charge on any atom is -0.348 e. The highest BCUT2D eigenvalue weighted by molar-refractivity contribution is 9.10. The van der Waals surface area contributed by atoms with Crippen LogP contribution in [-0.2, 0) is 6.54 Å². The van der Waals surface area contributed by atoms with E-state index in [1.165, 1.54) is 12.1 Å². The first kappa shape index (κ1) is 14.2. The third kappa shape index (κ3) is 3.64. The van der Waals surface area contributed by atoms with Crippen LogP contribution in [0.1, 0.15) is 15.9 Å². The molecule has 5 heteroatoms. The van der Waals surface area contributed by atoms with E-state index in [0.29, 0.717) is 6.54 Å². The molecule has 0 atom stereocenters. The van der Waals surface area contributed by atoms with Gasteiger partial charge in [0, 0.05) is 11.0 Å². The Morgan fingerprint density at radius 2 is 1.89 bits per heavy atom. The lowest BCUT2D eigenvalue weighted by Gasteiger charge is -2.07. The lowest BCUT2D eigenvalue weighted by Crippen LogP contribution is -2.23. The Morgan fingerprint density at radius 3 is 2.63 bits per heavy atom. The summed E-state index contributed by atoms with van der Waals surface area (Å²) in [6.45, 7) is 0.390. The van der Waals surface area contributed by atoms with Crippen molar-refractivity contribution in [3.05, 3.63) is 68.4 Å². The van der Waals surface area contributed by atoms with Gasteiger partial charge >= 0.3 is 0 Å². The summed E-state index contributed by atoms with van der Waals surface area (Å²) >= 11 is 6.44. The molecule has 98 valence electrons. The van der Waals surface area contributed by atoms with Gasteiger partial charge in [-0.1, -0.05) is 34.1 Å². The number of carbonyl (C=O) groups excluding carboxylic acids is 1. The standard InChI is InChI=1S/C14H10Br2FNO/c15-10-4-1-3-9(7-10)8-18-14(19)11-5-2-6-12(17)13(11)16/h1-7H,8H2,(H,18,19). The summed E-state index contributed by atoms with van der Waals surface area (Å²) in [7, 11) is 0. The van der Waals surface area contributed by atoms with Crippen molar-refractivity contribution in [1.82, 2.24) is 5.32 Å². The van der Waals surface area contributed by atoms with Crippen LogP contribution >= 0.6 is 31.9 Å². The Balaban J connectivity index is 2.08. The second-order valence-electron chi connectivity index (χ2n) is 3.91. The molecule has 2 aromatic carbocycles. The van der Waals surface area contributed by atoms with Crippen LogP contribution in [0.3, 0.4) is 0 Å². The number of nitrogens with one attached hydrogen (secondary N) is 1. The summed E-state index contributed by atoms with van der Waals surface area (Å²) in [6, 6.07) is 12.0. The van der Waals surface area contributed by atoms with Crippen LogP contribution in [0.5, 0.6) is 0 Å². The summed E-state index contributed by atoms with van der Waals surface area (Å²) in [5.41, 5.74) is 1.25. The van der Waals surface area contributed by atoms with Gasteiger partial charge in [0.25, 0.3) is 5.91 Å². The minimum atomic E-state index is -0.449. The van der Waals surface area contributed by atoms with Crippen LogP contribution in [0, 0.1) is 5.82 Å². The summed E-state index contributed by atoms with van der Waals surface area (Å²) in [5, 5.41) is 2.75.